The summed E-state index contributed by atoms with van der Waals surface area (Å²) < 4.78 is 10.7. The zero-order valence-corrected chi connectivity index (χ0v) is 33.0. The van der Waals surface area contributed by atoms with Crippen molar-refractivity contribution in [2.24, 2.45) is 17.8 Å². The molecular formula is C35H52N6O7S3. The van der Waals surface area contributed by atoms with Gasteiger partial charge in [-0.3, -0.25) is 28.9 Å². The molecule has 0 radical (unpaired) electrons. The molecule has 0 aromatic carbocycles. The summed E-state index contributed by atoms with van der Waals surface area (Å²) in [6.45, 7) is 7.93. The highest BCUT2D eigenvalue weighted by molar-refractivity contribution is 8.00. The van der Waals surface area contributed by atoms with E-state index in [0.717, 1.165) is 42.3 Å². The van der Waals surface area contributed by atoms with E-state index < -0.39 is 36.0 Å². The van der Waals surface area contributed by atoms with Gasteiger partial charge in [0.2, 0.25) is 11.8 Å². The number of ether oxygens (including phenoxy) is 2. The maximum atomic E-state index is 14.2. The van der Waals surface area contributed by atoms with Crippen molar-refractivity contribution in [1.29, 1.82) is 0 Å². The van der Waals surface area contributed by atoms with E-state index in [1.165, 1.54) is 36.7 Å². The van der Waals surface area contributed by atoms with Gasteiger partial charge in [0.25, 0.3) is 5.91 Å². The van der Waals surface area contributed by atoms with Crippen molar-refractivity contribution in [2.45, 2.75) is 96.5 Å². The van der Waals surface area contributed by atoms with E-state index in [1.807, 2.05) is 26.3 Å². The van der Waals surface area contributed by atoms with Gasteiger partial charge in [-0.15, -0.1) is 22.7 Å². The van der Waals surface area contributed by atoms with Crippen LogP contribution in [0.2, 0.25) is 0 Å². The lowest BCUT2D eigenvalue weighted by Gasteiger charge is -2.40. The van der Waals surface area contributed by atoms with Gasteiger partial charge in [-0.2, -0.15) is 11.8 Å². The first kappa shape index (κ1) is 40.7. The van der Waals surface area contributed by atoms with Crippen LogP contribution in [-0.4, -0.2) is 113 Å². The molecule has 282 valence electrons. The van der Waals surface area contributed by atoms with Gasteiger partial charge in [-0.1, -0.05) is 27.2 Å². The summed E-state index contributed by atoms with van der Waals surface area (Å²) in [4.78, 5) is 78.3. The standard InChI is InChI=1S/C35H52N6O7S3/c1-20(2)27(41(6)34(45)30(23-17-49-18-23)39-32(44)26-10-8-9-12-40(26)5)16-28(48-22(4)42)33-38-25(19-51-33)31(43)37-24(14-21(3)35(46)47-7)15-29-36-11-13-50-29/h11,13,19-21,23-24,26-28,30H,8-10,12,14-18H2,1-7H3,(H,37,43)(H,39,44)/t21-,24+,26+,27+,28+,30-/m0/s1. The van der Waals surface area contributed by atoms with Gasteiger partial charge in [0.1, 0.15) is 16.7 Å². The molecule has 4 heterocycles. The van der Waals surface area contributed by atoms with E-state index >= 15 is 0 Å². The molecule has 2 saturated heterocycles. The van der Waals surface area contributed by atoms with Crippen LogP contribution in [0.15, 0.2) is 17.0 Å². The lowest BCUT2D eigenvalue weighted by molar-refractivity contribution is -0.149. The van der Waals surface area contributed by atoms with E-state index in [4.69, 9.17) is 9.47 Å². The molecular weight excluding hydrogens is 713 g/mol. The highest BCUT2D eigenvalue weighted by atomic mass is 32.2. The van der Waals surface area contributed by atoms with E-state index in [2.05, 4.69) is 25.5 Å². The molecule has 16 heteroatoms. The molecule has 2 aromatic heterocycles. The Hall–Kier alpha value is -3.08. The first-order valence-corrected chi connectivity index (χ1v) is 20.4. The maximum Gasteiger partial charge on any atom is 0.308 e. The molecule has 13 nitrogen and oxygen atoms in total. The molecule has 0 saturated carbocycles. The molecule has 0 spiro atoms. The second kappa shape index (κ2) is 19.1. The van der Waals surface area contributed by atoms with Crippen LogP contribution in [0.4, 0.5) is 0 Å². The predicted molar refractivity (Wildman–Crippen MR) is 199 cm³/mol. The van der Waals surface area contributed by atoms with Crippen molar-refractivity contribution >= 4 is 64.1 Å². The van der Waals surface area contributed by atoms with Gasteiger partial charge in [-0.25, -0.2) is 9.97 Å². The number of hydrogen-bond donors (Lipinski definition) is 2. The number of thioether (sulfide) groups is 1. The summed E-state index contributed by atoms with van der Waals surface area (Å²) in [5.74, 6) is -0.425. The average molecular weight is 765 g/mol. The molecule has 6 atom stereocenters. The molecule has 4 rings (SSSR count). The number of esters is 2. The number of hydrogen-bond acceptors (Lipinski definition) is 13. The van der Waals surface area contributed by atoms with Crippen molar-refractivity contribution in [2.75, 3.05) is 39.3 Å². The lowest BCUT2D eigenvalue weighted by Crippen LogP contribution is -2.60. The minimum atomic E-state index is -0.814. The smallest absolute Gasteiger partial charge is 0.308 e. The number of thiazole rings is 2. The van der Waals surface area contributed by atoms with Crippen LogP contribution in [0.3, 0.4) is 0 Å². The van der Waals surface area contributed by atoms with Gasteiger partial charge < -0.3 is 25.0 Å². The number of piperidine rings is 1. The average Bonchev–Trinajstić information content (AvgIpc) is 3.77. The van der Waals surface area contributed by atoms with Gasteiger partial charge in [0, 0.05) is 61.8 Å². The van der Waals surface area contributed by atoms with Crippen LogP contribution in [-0.2, 0) is 35.1 Å². The number of nitrogens with zero attached hydrogens (tertiary/aromatic N) is 4. The first-order chi connectivity index (χ1) is 24.3. The minimum absolute atomic E-state index is 0.0280. The van der Waals surface area contributed by atoms with Crippen LogP contribution in [0.5, 0.6) is 0 Å². The largest absolute Gasteiger partial charge is 0.469 e. The Morgan fingerprint density at radius 3 is 2.41 bits per heavy atom. The molecule has 0 bridgehead atoms. The zero-order chi connectivity index (χ0) is 37.2. The highest BCUT2D eigenvalue weighted by Gasteiger charge is 2.41. The number of nitrogens with one attached hydrogen (secondary N) is 2. The fraction of sp³-hybridized carbons (Fsp3) is 0.686. The molecule has 2 N–H and O–H groups in total. The molecule has 2 aliphatic rings. The Balaban J connectivity index is 1.49. The van der Waals surface area contributed by atoms with Crippen LogP contribution in [0, 0.1) is 17.8 Å². The number of methoxy groups -OCH3 is 1. The third-order valence-corrected chi connectivity index (χ3v) is 12.7. The summed E-state index contributed by atoms with van der Waals surface area (Å²) in [6.07, 6.45) is 4.72. The number of likely N-dealkylation sites (N-methyl/N-ethyl adjacent to an activating group) is 2. The van der Waals surface area contributed by atoms with Crippen molar-refractivity contribution in [3.05, 3.63) is 32.7 Å². The van der Waals surface area contributed by atoms with Crippen LogP contribution >= 0.6 is 34.4 Å². The Kier molecular flexibility index (Phi) is 15.3. The third kappa shape index (κ3) is 11.2. The second-order valence-corrected chi connectivity index (χ2v) is 16.8. The van der Waals surface area contributed by atoms with E-state index in [-0.39, 0.29) is 53.8 Å². The number of amides is 3. The van der Waals surface area contributed by atoms with E-state index in [9.17, 15) is 24.0 Å². The van der Waals surface area contributed by atoms with Crippen LogP contribution in [0.25, 0.3) is 0 Å². The van der Waals surface area contributed by atoms with Gasteiger partial charge >= 0.3 is 11.9 Å². The van der Waals surface area contributed by atoms with Crippen molar-refractivity contribution < 1.29 is 33.4 Å². The Morgan fingerprint density at radius 1 is 1.08 bits per heavy atom. The summed E-state index contributed by atoms with van der Waals surface area (Å²) in [7, 11) is 5.03. The van der Waals surface area contributed by atoms with Crippen molar-refractivity contribution in [3.8, 4) is 0 Å². The lowest BCUT2D eigenvalue weighted by atomic mass is 9.93. The molecule has 0 aliphatic carbocycles. The number of likely N-dealkylation sites (tertiary alicyclic amines) is 1. The van der Waals surface area contributed by atoms with Crippen LogP contribution in [0.1, 0.15) is 86.4 Å². The topological polar surface area (TPSA) is 160 Å². The highest BCUT2D eigenvalue weighted by Crippen LogP contribution is 2.33. The molecule has 51 heavy (non-hydrogen) atoms. The quantitative estimate of drug-likeness (QED) is 0.225. The molecule has 3 amide bonds. The Bertz CT molecular complexity index is 1480. The van der Waals surface area contributed by atoms with Gasteiger partial charge in [0.15, 0.2) is 6.10 Å². The van der Waals surface area contributed by atoms with Gasteiger partial charge in [0.05, 0.1) is 24.1 Å². The summed E-state index contributed by atoms with van der Waals surface area (Å²) >= 11 is 4.43. The second-order valence-electron chi connectivity index (χ2n) is 13.9. The van der Waals surface area contributed by atoms with E-state index in [1.54, 1.807) is 42.2 Å². The van der Waals surface area contributed by atoms with E-state index in [0.29, 0.717) is 17.8 Å². The summed E-state index contributed by atoms with van der Waals surface area (Å²) in [6, 6.07) is -1.67. The Labute approximate surface area is 313 Å². The number of carbonyl (C=O) groups is 5. The van der Waals surface area contributed by atoms with Crippen LogP contribution < -0.4 is 10.6 Å². The predicted octanol–water partition coefficient (Wildman–Crippen LogP) is 3.95. The first-order valence-electron chi connectivity index (χ1n) is 17.5. The number of carbonyl (C=O) groups excluding carboxylic acids is 5. The number of aromatic nitrogens is 2. The third-order valence-electron chi connectivity index (χ3n) is 9.66. The molecule has 2 fully saturated rings. The maximum absolute atomic E-state index is 14.2. The molecule has 2 aliphatic heterocycles. The summed E-state index contributed by atoms with van der Waals surface area (Å²) in [5.41, 5.74) is 0.158. The minimum Gasteiger partial charge on any atom is -0.469 e. The monoisotopic (exact) mass is 764 g/mol. The van der Waals surface area contributed by atoms with Crippen molar-refractivity contribution in [3.63, 3.8) is 0 Å². The Morgan fingerprint density at radius 2 is 1.82 bits per heavy atom. The fourth-order valence-electron chi connectivity index (χ4n) is 6.64. The van der Waals surface area contributed by atoms with Gasteiger partial charge in [-0.05, 0) is 50.3 Å². The number of rotatable bonds is 17. The normalized spacial score (nSPS) is 19.6. The molecule has 2 aromatic rings. The summed E-state index contributed by atoms with van der Waals surface area (Å²) in [5, 5.41) is 10.9. The van der Waals surface area contributed by atoms with Crippen molar-refractivity contribution in [1.82, 2.24) is 30.4 Å². The zero-order valence-electron chi connectivity index (χ0n) is 30.6. The fourth-order valence-corrected chi connectivity index (χ4v) is 9.07. The molecule has 0 unspecified atom stereocenters. The SMILES string of the molecule is COC(=O)[C@@H](C)C[C@H](Cc1nccs1)NC(=O)c1csc([C@@H](C[C@H](C(C)C)N(C)C(=O)[C@@H](NC(=O)[C@H]2CCCCN2C)C2CSC2)OC(C)=O)n1.